The van der Waals surface area contributed by atoms with Gasteiger partial charge in [0.1, 0.15) is 0 Å². The lowest BCUT2D eigenvalue weighted by Gasteiger charge is -2.16. The molecule has 0 saturated carbocycles. The number of aliphatic carboxylic acids is 1. The number of rotatable bonds is 6. The number of carboxylic acids is 1. The van der Waals surface area contributed by atoms with Gasteiger partial charge in [-0.3, -0.25) is 9.59 Å². The highest BCUT2D eigenvalue weighted by Gasteiger charge is 2.18. The van der Waals surface area contributed by atoms with E-state index in [1.807, 2.05) is 0 Å². The number of amides is 1. The monoisotopic (exact) mass is 313 g/mol. The molecule has 1 rings (SSSR count). The van der Waals surface area contributed by atoms with E-state index in [0.29, 0.717) is 6.42 Å². The molecule has 0 radical (unpaired) electrons. The average Bonchev–Trinajstić information content (AvgIpc) is 2.37. The Morgan fingerprint density at radius 3 is 2.43 bits per heavy atom. The van der Waals surface area contributed by atoms with E-state index in [2.05, 4.69) is 5.32 Å². The maximum atomic E-state index is 12.0. The molecule has 2 N–H and O–H groups in total. The van der Waals surface area contributed by atoms with E-state index in [9.17, 15) is 18.0 Å². The van der Waals surface area contributed by atoms with Crippen molar-refractivity contribution in [1.82, 2.24) is 5.32 Å². The zero-order valence-electron chi connectivity index (χ0n) is 12.2. The van der Waals surface area contributed by atoms with E-state index in [0.717, 1.165) is 6.26 Å². The van der Waals surface area contributed by atoms with E-state index in [1.54, 1.807) is 13.8 Å². The van der Waals surface area contributed by atoms with Gasteiger partial charge in [0.2, 0.25) is 0 Å². The summed E-state index contributed by atoms with van der Waals surface area (Å²) < 4.78 is 22.9. The van der Waals surface area contributed by atoms with Crippen molar-refractivity contribution in [2.75, 3.05) is 6.26 Å². The SMILES string of the molecule is CC(CC(C)C(=O)O)NC(=O)c1cccc(S(C)(=O)=O)c1. The topological polar surface area (TPSA) is 101 Å². The van der Waals surface area contributed by atoms with Crippen molar-refractivity contribution in [3.05, 3.63) is 29.8 Å². The maximum absolute atomic E-state index is 12.0. The van der Waals surface area contributed by atoms with Crippen molar-refractivity contribution in [3.63, 3.8) is 0 Å². The summed E-state index contributed by atoms with van der Waals surface area (Å²) >= 11 is 0. The first kappa shape index (κ1) is 17.2. The first-order valence-corrected chi connectivity index (χ1v) is 8.34. The molecule has 0 aliphatic rings. The summed E-state index contributed by atoms with van der Waals surface area (Å²) in [5, 5.41) is 11.5. The van der Waals surface area contributed by atoms with Gasteiger partial charge < -0.3 is 10.4 Å². The largest absolute Gasteiger partial charge is 0.481 e. The van der Waals surface area contributed by atoms with Crippen molar-refractivity contribution < 1.29 is 23.1 Å². The molecular formula is C14H19NO5S. The van der Waals surface area contributed by atoms with Crippen LogP contribution in [-0.2, 0) is 14.6 Å². The molecule has 7 heteroatoms. The Morgan fingerprint density at radius 2 is 1.90 bits per heavy atom. The molecule has 0 aliphatic heterocycles. The second-order valence-corrected chi connectivity index (χ2v) is 7.17. The van der Waals surface area contributed by atoms with Gasteiger partial charge in [-0.2, -0.15) is 0 Å². The van der Waals surface area contributed by atoms with Crippen LogP contribution in [0.25, 0.3) is 0 Å². The summed E-state index contributed by atoms with van der Waals surface area (Å²) in [6.45, 7) is 3.27. The highest BCUT2D eigenvalue weighted by Crippen LogP contribution is 2.12. The Balaban J connectivity index is 2.79. The molecule has 116 valence electrons. The van der Waals surface area contributed by atoms with Crippen molar-refractivity contribution in [2.24, 2.45) is 5.92 Å². The smallest absolute Gasteiger partial charge is 0.306 e. The van der Waals surface area contributed by atoms with Crippen LogP contribution in [0.4, 0.5) is 0 Å². The summed E-state index contributed by atoms with van der Waals surface area (Å²) in [5.74, 6) is -1.91. The van der Waals surface area contributed by atoms with Crippen molar-refractivity contribution in [2.45, 2.75) is 31.2 Å². The second kappa shape index (κ2) is 6.71. The zero-order valence-corrected chi connectivity index (χ0v) is 13.0. The van der Waals surface area contributed by atoms with Crippen LogP contribution in [0.5, 0.6) is 0 Å². The van der Waals surface area contributed by atoms with E-state index >= 15 is 0 Å². The number of benzene rings is 1. The van der Waals surface area contributed by atoms with Crippen LogP contribution >= 0.6 is 0 Å². The second-order valence-electron chi connectivity index (χ2n) is 5.15. The molecule has 2 atom stereocenters. The number of sulfone groups is 1. The number of carboxylic acid groups (broad SMARTS) is 1. The molecule has 0 saturated heterocycles. The minimum atomic E-state index is -3.38. The molecule has 21 heavy (non-hydrogen) atoms. The third-order valence-electron chi connectivity index (χ3n) is 3.03. The molecule has 0 aliphatic carbocycles. The molecular weight excluding hydrogens is 294 g/mol. The van der Waals surface area contributed by atoms with E-state index in [1.165, 1.54) is 24.3 Å². The van der Waals surface area contributed by atoms with Gasteiger partial charge in [-0.25, -0.2) is 8.42 Å². The Morgan fingerprint density at radius 1 is 1.29 bits per heavy atom. The Hall–Kier alpha value is -1.89. The van der Waals surface area contributed by atoms with Crippen LogP contribution in [0.1, 0.15) is 30.6 Å². The van der Waals surface area contributed by atoms with Gasteiger partial charge in [0.25, 0.3) is 5.91 Å². The standard InChI is InChI=1S/C14H19NO5S/c1-9(14(17)18)7-10(2)15-13(16)11-5-4-6-12(8-11)21(3,19)20/h4-6,8-10H,7H2,1-3H3,(H,15,16)(H,17,18). The van der Waals surface area contributed by atoms with Crippen LogP contribution in [0.2, 0.25) is 0 Å². The first-order valence-electron chi connectivity index (χ1n) is 6.45. The van der Waals surface area contributed by atoms with Crippen LogP contribution in [0.15, 0.2) is 29.2 Å². The number of carbonyl (C=O) groups is 2. The molecule has 1 aromatic carbocycles. The van der Waals surface area contributed by atoms with E-state index < -0.39 is 27.6 Å². The maximum Gasteiger partial charge on any atom is 0.306 e. The van der Waals surface area contributed by atoms with Crippen molar-refractivity contribution in [1.29, 1.82) is 0 Å². The summed E-state index contributed by atoms with van der Waals surface area (Å²) in [7, 11) is -3.38. The number of carbonyl (C=O) groups excluding carboxylic acids is 1. The molecule has 6 nitrogen and oxygen atoms in total. The molecule has 0 fully saturated rings. The van der Waals surface area contributed by atoms with Crippen molar-refractivity contribution >= 4 is 21.7 Å². The fourth-order valence-electron chi connectivity index (χ4n) is 1.87. The summed E-state index contributed by atoms with van der Waals surface area (Å²) in [5.41, 5.74) is 0.229. The van der Waals surface area contributed by atoms with E-state index in [-0.39, 0.29) is 16.5 Å². The molecule has 0 bridgehead atoms. The van der Waals surface area contributed by atoms with E-state index in [4.69, 9.17) is 5.11 Å². The average molecular weight is 313 g/mol. The molecule has 0 spiro atoms. The summed E-state index contributed by atoms with van der Waals surface area (Å²) in [6.07, 6.45) is 1.37. The Bertz CT molecular complexity index is 639. The minimum Gasteiger partial charge on any atom is -0.481 e. The highest BCUT2D eigenvalue weighted by molar-refractivity contribution is 7.90. The van der Waals surface area contributed by atoms with Gasteiger partial charge in [0.05, 0.1) is 10.8 Å². The van der Waals surface area contributed by atoms with Crippen molar-refractivity contribution in [3.8, 4) is 0 Å². The van der Waals surface area contributed by atoms with Crippen LogP contribution < -0.4 is 5.32 Å². The van der Waals surface area contributed by atoms with Gasteiger partial charge in [-0.15, -0.1) is 0 Å². The predicted molar refractivity (Wildman–Crippen MR) is 77.9 cm³/mol. The molecule has 2 unspecified atom stereocenters. The summed E-state index contributed by atoms with van der Waals surface area (Å²) in [4.78, 5) is 22.9. The fourth-order valence-corrected chi connectivity index (χ4v) is 2.53. The summed E-state index contributed by atoms with van der Waals surface area (Å²) in [6, 6.07) is 5.40. The van der Waals surface area contributed by atoms with Gasteiger partial charge in [0, 0.05) is 17.9 Å². The van der Waals surface area contributed by atoms with Crippen LogP contribution in [0, 0.1) is 5.92 Å². The first-order chi connectivity index (χ1) is 9.61. The molecule has 0 heterocycles. The van der Waals surface area contributed by atoms with Gasteiger partial charge in [-0.1, -0.05) is 13.0 Å². The fraction of sp³-hybridized carbons (Fsp3) is 0.429. The Labute approximate surface area is 124 Å². The quantitative estimate of drug-likeness (QED) is 0.825. The van der Waals surface area contributed by atoms with Crippen LogP contribution in [0.3, 0.4) is 0 Å². The number of hydrogen-bond donors (Lipinski definition) is 2. The lowest BCUT2D eigenvalue weighted by molar-refractivity contribution is -0.141. The number of nitrogens with one attached hydrogen (secondary N) is 1. The number of hydrogen-bond acceptors (Lipinski definition) is 4. The zero-order chi connectivity index (χ0) is 16.2. The molecule has 1 aromatic rings. The van der Waals surface area contributed by atoms with Gasteiger partial charge in [0.15, 0.2) is 9.84 Å². The lowest BCUT2D eigenvalue weighted by Crippen LogP contribution is -2.34. The lowest BCUT2D eigenvalue weighted by atomic mass is 10.0. The van der Waals surface area contributed by atoms with Crippen LogP contribution in [-0.4, -0.2) is 37.7 Å². The van der Waals surface area contributed by atoms with Gasteiger partial charge >= 0.3 is 5.97 Å². The normalized spacial score (nSPS) is 14.2. The highest BCUT2D eigenvalue weighted by atomic mass is 32.2. The molecule has 1 amide bonds. The predicted octanol–water partition coefficient (Wildman–Crippen LogP) is 1.32. The third kappa shape index (κ3) is 5.18. The Kier molecular flexibility index (Phi) is 5.48. The molecule has 0 aromatic heterocycles. The third-order valence-corrected chi connectivity index (χ3v) is 4.14. The van der Waals surface area contributed by atoms with Gasteiger partial charge in [-0.05, 0) is 31.5 Å². The minimum absolute atomic E-state index is 0.0710.